The number of rotatable bonds is 6. The zero-order chi connectivity index (χ0) is 18.4. The number of esters is 1. The average Bonchev–Trinajstić information content (AvgIpc) is 3.15. The summed E-state index contributed by atoms with van der Waals surface area (Å²) in [5.74, 6) is -0.321. The van der Waals surface area contributed by atoms with Crippen LogP contribution in [0.25, 0.3) is 10.6 Å². The molecule has 1 amide bonds. The molecule has 1 heterocycles. The molecule has 1 saturated carbocycles. The van der Waals surface area contributed by atoms with Gasteiger partial charge >= 0.3 is 5.97 Å². The Bertz CT molecular complexity index is 772. The van der Waals surface area contributed by atoms with Crippen molar-refractivity contribution < 1.29 is 14.3 Å². The van der Waals surface area contributed by atoms with Crippen LogP contribution in [0.1, 0.15) is 42.6 Å². The van der Waals surface area contributed by atoms with E-state index in [1.54, 1.807) is 17.5 Å². The summed E-state index contributed by atoms with van der Waals surface area (Å²) in [6, 6.07) is 7.26. The van der Waals surface area contributed by atoms with Crippen LogP contribution in [0.3, 0.4) is 0 Å². The molecular weight excluding hydrogens is 372 g/mol. The second kappa shape index (κ2) is 9.14. The van der Waals surface area contributed by atoms with Crippen LogP contribution in [0, 0.1) is 5.92 Å². The van der Waals surface area contributed by atoms with Gasteiger partial charge in [-0.1, -0.05) is 43.0 Å². The number of aromatic nitrogens is 1. The summed E-state index contributed by atoms with van der Waals surface area (Å²) in [7, 11) is 0. The van der Waals surface area contributed by atoms with E-state index >= 15 is 0 Å². The molecule has 0 saturated heterocycles. The third-order valence-electron chi connectivity index (χ3n) is 4.43. The van der Waals surface area contributed by atoms with Gasteiger partial charge in [-0.3, -0.25) is 4.79 Å². The number of ether oxygens (including phenoxy) is 1. The molecule has 5 nitrogen and oxygen atoms in total. The first-order valence-corrected chi connectivity index (χ1v) is 10.0. The molecule has 0 spiro atoms. The smallest absolute Gasteiger partial charge is 0.358 e. The highest BCUT2D eigenvalue weighted by Crippen LogP contribution is 2.26. The highest BCUT2D eigenvalue weighted by Gasteiger charge is 2.17. The number of carbonyl (C=O) groups excluding carboxylic acids is 2. The monoisotopic (exact) mass is 392 g/mol. The van der Waals surface area contributed by atoms with Gasteiger partial charge in [0.05, 0.1) is 0 Å². The molecule has 1 N–H and O–H groups in total. The molecule has 138 valence electrons. The largest absolute Gasteiger partial charge is 0.451 e. The lowest BCUT2D eigenvalue weighted by atomic mass is 9.89. The summed E-state index contributed by atoms with van der Waals surface area (Å²) in [5.41, 5.74) is 1.04. The summed E-state index contributed by atoms with van der Waals surface area (Å²) < 4.78 is 5.07. The molecule has 1 fully saturated rings. The first kappa shape index (κ1) is 18.9. The van der Waals surface area contributed by atoms with Gasteiger partial charge in [0.1, 0.15) is 5.01 Å². The SMILES string of the molecule is O=C(COC(=O)c1csc(-c2cccc(Cl)c2)n1)NCC1CCCCC1. The molecule has 1 aromatic carbocycles. The molecule has 0 aliphatic heterocycles. The van der Waals surface area contributed by atoms with Crippen LogP contribution >= 0.6 is 22.9 Å². The van der Waals surface area contributed by atoms with Crippen LogP contribution in [0.15, 0.2) is 29.6 Å². The Hall–Kier alpha value is -1.92. The van der Waals surface area contributed by atoms with Crippen molar-refractivity contribution in [2.45, 2.75) is 32.1 Å². The van der Waals surface area contributed by atoms with E-state index in [2.05, 4.69) is 10.3 Å². The molecule has 26 heavy (non-hydrogen) atoms. The maximum Gasteiger partial charge on any atom is 0.358 e. The summed E-state index contributed by atoms with van der Waals surface area (Å²) in [4.78, 5) is 28.2. The van der Waals surface area contributed by atoms with Crippen LogP contribution in [-0.2, 0) is 9.53 Å². The number of hydrogen-bond donors (Lipinski definition) is 1. The van der Waals surface area contributed by atoms with E-state index in [1.165, 1.54) is 30.6 Å². The van der Waals surface area contributed by atoms with Gasteiger partial charge < -0.3 is 10.1 Å². The molecule has 7 heteroatoms. The number of hydrogen-bond acceptors (Lipinski definition) is 5. The second-order valence-electron chi connectivity index (χ2n) is 6.43. The first-order chi connectivity index (χ1) is 12.6. The average molecular weight is 393 g/mol. The van der Waals surface area contributed by atoms with E-state index in [0.29, 0.717) is 22.5 Å². The molecule has 1 aliphatic carbocycles. The summed E-state index contributed by atoms with van der Waals surface area (Å²) in [6.45, 7) is 0.377. The molecule has 3 rings (SSSR count). The molecule has 2 aromatic rings. The topological polar surface area (TPSA) is 68.3 Å². The number of benzene rings is 1. The predicted molar refractivity (Wildman–Crippen MR) is 102 cm³/mol. The third kappa shape index (κ3) is 5.29. The van der Waals surface area contributed by atoms with Crippen molar-refractivity contribution in [1.82, 2.24) is 10.3 Å². The van der Waals surface area contributed by atoms with Crippen LogP contribution in [0.5, 0.6) is 0 Å². The third-order valence-corrected chi connectivity index (χ3v) is 5.56. The van der Waals surface area contributed by atoms with E-state index in [-0.39, 0.29) is 18.2 Å². The van der Waals surface area contributed by atoms with E-state index in [1.807, 2.05) is 12.1 Å². The van der Waals surface area contributed by atoms with Gasteiger partial charge in [0.15, 0.2) is 12.3 Å². The minimum absolute atomic E-state index is 0.199. The molecular formula is C19H21ClN2O3S. The molecule has 0 unspecified atom stereocenters. The van der Waals surface area contributed by atoms with Gasteiger partial charge in [0.2, 0.25) is 0 Å². The van der Waals surface area contributed by atoms with E-state index in [0.717, 1.165) is 18.4 Å². The lowest BCUT2D eigenvalue weighted by Gasteiger charge is -2.21. The van der Waals surface area contributed by atoms with E-state index < -0.39 is 5.97 Å². The van der Waals surface area contributed by atoms with Crippen molar-refractivity contribution in [2.24, 2.45) is 5.92 Å². The van der Waals surface area contributed by atoms with Crippen LogP contribution in [-0.4, -0.2) is 30.0 Å². The zero-order valence-corrected chi connectivity index (χ0v) is 15.9. The van der Waals surface area contributed by atoms with Gasteiger partial charge in [0, 0.05) is 22.5 Å². The highest BCUT2D eigenvalue weighted by atomic mass is 35.5. The minimum atomic E-state index is -0.595. The van der Waals surface area contributed by atoms with Crippen LogP contribution < -0.4 is 5.32 Å². The molecule has 0 atom stereocenters. The Balaban J connectivity index is 1.47. The number of nitrogens with one attached hydrogen (secondary N) is 1. The van der Waals surface area contributed by atoms with Crippen molar-refractivity contribution >= 4 is 34.8 Å². The number of amides is 1. The molecule has 0 bridgehead atoms. The molecule has 1 aliphatic rings. The van der Waals surface area contributed by atoms with E-state index in [4.69, 9.17) is 16.3 Å². The number of carbonyl (C=O) groups is 2. The normalized spacial score (nSPS) is 14.8. The Morgan fingerprint density at radius 3 is 2.85 bits per heavy atom. The Morgan fingerprint density at radius 2 is 2.08 bits per heavy atom. The van der Waals surface area contributed by atoms with Gasteiger partial charge in [-0.25, -0.2) is 9.78 Å². The second-order valence-corrected chi connectivity index (χ2v) is 7.73. The number of thiazole rings is 1. The summed E-state index contributed by atoms with van der Waals surface area (Å²) in [6.07, 6.45) is 6.06. The van der Waals surface area contributed by atoms with Crippen molar-refractivity contribution in [1.29, 1.82) is 0 Å². The van der Waals surface area contributed by atoms with Crippen molar-refractivity contribution in [3.63, 3.8) is 0 Å². The maximum atomic E-state index is 12.1. The van der Waals surface area contributed by atoms with Gasteiger partial charge in [-0.15, -0.1) is 11.3 Å². The standard InChI is InChI=1S/C19H21ClN2O3S/c20-15-8-4-7-14(9-15)18-22-16(12-26-18)19(24)25-11-17(23)21-10-13-5-2-1-3-6-13/h4,7-9,12-13H,1-3,5-6,10-11H2,(H,21,23). The fraction of sp³-hybridized carbons (Fsp3) is 0.421. The zero-order valence-electron chi connectivity index (χ0n) is 14.4. The summed E-state index contributed by atoms with van der Waals surface area (Å²) >= 11 is 7.31. The van der Waals surface area contributed by atoms with Crippen LogP contribution in [0.2, 0.25) is 5.02 Å². The lowest BCUT2D eigenvalue weighted by molar-refractivity contribution is -0.124. The summed E-state index contributed by atoms with van der Waals surface area (Å²) in [5, 5.41) is 5.76. The van der Waals surface area contributed by atoms with Crippen molar-refractivity contribution in [3.05, 3.63) is 40.4 Å². The minimum Gasteiger partial charge on any atom is -0.451 e. The van der Waals surface area contributed by atoms with Crippen molar-refractivity contribution in [3.8, 4) is 10.6 Å². The number of halogens is 1. The Morgan fingerprint density at radius 1 is 1.27 bits per heavy atom. The Kier molecular flexibility index (Phi) is 6.63. The number of nitrogens with zero attached hydrogens (tertiary/aromatic N) is 1. The van der Waals surface area contributed by atoms with Gasteiger partial charge in [-0.05, 0) is 30.9 Å². The highest BCUT2D eigenvalue weighted by molar-refractivity contribution is 7.13. The first-order valence-electron chi connectivity index (χ1n) is 8.77. The fourth-order valence-corrected chi connectivity index (χ4v) is 4.00. The van der Waals surface area contributed by atoms with Crippen molar-refractivity contribution in [2.75, 3.05) is 13.2 Å². The van der Waals surface area contributed by atoms with Gasteiger partial charge in [-0.2, -0.15) is 0 Å². The molecule has 1 aromatic heterocycles. The van der Waals surface area contributed by atoms with Crippen LogP contribution in [0.4, 0.5) is 0 Å². The van der Waals surface area contributed by atoms with E-state index in [9.17, 15) is 9.59 Å². The Labute approximate surface area is 161 Å². The fourth-order valence-electron chi connectivity index (χ4n) is 3.03. The predicted octanol–water partition coefficient (Wildman–Crippen LogP) is 4.32. The quantitative estimate of drug-likeness (QED) is 0.743. The lowest BCUT2D eigenvalue weighted by Crippen LogP contribution is -2.33. The van der Waals surface area contributed by atoms with Gasteiger partial charge in [0.25, 0.3) is 5.91 Å². The maximum absolute atomic E-state index is 12.1. The molecule has 0 radical (unpaired) electrons.